The zero-order valence-corrected chi connectivity index (χ0v) is 21.7. The summed E-state index contributed by atoms with van der Waals surface area (Å²) >= 11 is 0. The van der Waals surface area contributed by atoms with E-state index in [1.54, 1.807) is 0 Å². The van der Waals surface area contributed by atoms with E-state index in [0.29, 0.717) is 40.4 Å². The summed E-state index contributed by atoms with van der Waals surface area (Å²) in [6.45, 7) is 12.5. The van der Waals surface area contributed by atoms with Crippen LogP contribution in [0.1, 0.15) is 98.2 Å². The molecular formula is C28H48N4O. The SMILES string of the molecule is CC[C@H]1[C@@H](O)[C@@H]2[C@H](CC[C@]3(C)[C@@H]([C@H](C)CCc4nc(N)n[nH]4)CC[C@@H]23)[C@@]2(C)CC[C@@H](C)C[C@@H]12. The number of H-pyrrole nitrogens is 1. The number of fused-ring (bicyclic) bond motifs is 5. The molecule has 4 N–H and O–H groups in total. The molecule has 186 valence electrons. The lowest BCUT2D eigenvalue weighted by atomic mass is 9.41. The quantitative estimate of drug-likeness (QED) is 0.518. The van der Waals surface area contributed by atoms with Crippen LogP contribution in [0.15, 0.2) is 0 Å². The van der Waals surface area contributed by atoms with Crippen molar-refractivity contribution in [2.45, 2.75) is 105 Å². The van der Waals surface area contributed by atoms with E-state index < -0.39 is 0 Å². The second kappa shape index (κ2) is 8.53. The number of rotatable bonds is 5. The van der Waals surface area contributed by atoms with Gasteiger partial charge in [0.15, 0.2) is 0 Å². The monoisotopic (exact) mass is 456 g/mol. The van der Waals surface area contributed by atoms with Gasteiger partial charge in [0.1, 0.15) is 5.82 Å². The van der Waals surface area contributed by atoms with E-state index in [0.717, 1.165) is 48.8 Å². The highest BCUT2D eigenvalue weighted by Crippen LogP contribution is 2.69. The fourth-order valence-corrected chi connectivity index (χ4v) is 10.1. The lowest BCUT2D eigenvalue weighted by Crippen LogP contribution is -2.61. The molecule has 4 fully saturated rings. The summed E-state index contributed by atoms with van der Waals surface area (Å²) in [5, 5.41) is 18.9. The molecule has 5 nitrogen and oxygen atoms in total. The molecule has 1 aromatic heterocycles. The molecule has 1 heterocycles. The van der Waals surface area contributed by atoms with Gasteiger partial charge in [0.25, 0.3) is 0 Å². The Bertz CT molecular complexity index is 840. The first kappa shape index (κ1) is 23.6. The summed E-state index contributed by atoms with van der Waals surface area (Å²) in [5.74, 6) is 6.62. The van der Waals surface area contributed by atoms with Gasteiger partial charge in [-0.3, -0.25) is 5.10 Å². The Kier molecular flexibility index (Phi) is 6.11. The topological polar surface area (TPSA) is 87.8 Å². The first-order valence-electron chi connectivity index (χ1n) is 14.0. The summed E-state index contributed by atoms with van der Waals surface area (Å²) in [6, 6.07) is 0. The van der Waals surface area contributed by atoms with E-state index in [9.17, 15) is 5.11 Å². The van der Waals surface area contributed by atoms with Crippen molar-refractivity contribution in [2.24, 2.45) is 58.2 Å². The van der Waals surface area contributed by atoms with Crippen LogP contribution in [0, 0.1) is 58.2 Å². The molecule has 0 bridgehead atoms. The van der Waals surface area contributed by atoms with Gasteiger partial charge >= 0.3 is 0 Å². The van der Waals surface area contributed by atoms with Crippen LogP contribution in [-0.2, 0) is 6.42 Å². The largest absolute Gasteiger partial charge is 0.393 e. The minimum atomic E-state index is -0.0979. The Morgan fingerprint density at radius 1 is 1.09 bits per heavy atom. The highest BCUT2D eigenvalue weighted by atomic mass is 16.3. The van der Waals surface area contributed by atoms with Crippen molar-refractivity contribution in [3.8, 4) is 0 Å². The minimum Gasteiger partial charge on any atom is -0.393 e. The van der Waals surface area contributed by atoms with Gasteiger partial charge in [-0.05, 0) is 103 Å². The Hall–Kier alpha value is -1.10. The maximum Gasteiger partial charge on any atom is 0.239 e. The summed E-state index contributed by atoms with van der Waals surface area (Å²) in [4.78, 5) is 4.32. The molecule has 33 heavy (non-hydrogen) atoms. The minimum absolute atomic E-state index is 0.0979. The summed E-state index contributed by atoms with van der Waals surface area (Å²) in [7, 11) is 0. The van der Waals surface area contributed by atoms with E-state index in [1.807, 2.05) is 0 Å². The van der Waals surface area contributed by atoms with Crippen molar-refractivity contribution in [3.05, 3.63) is 5.82 Å². The average Bonchev–Trinajstić information content (AvgIpc) is 3.36. The molecule has 5 heteroatoms. The standard InChI is InChI=1S/C28H48N4O/c1-6-18-22-15-16(2)11-13-28(22,5)21-12-14-27(4)19(8-9-20(27)24(21)25(18)33)17(3)7-10-23-30-26(29)32-31-23/h16-22,24-25,33H,6-15H2,1-5H3,(H3,29,30,31,32)/t16-,17-,18-,19-,20+,21+,22+,24+,25-,27-,28-/m1/s1. The maximum atomic E-state index is 11.9. The molecule has 1 aromatic rings. The Labute approximate surface area is 201 Å². The molecular weight excluding hydrogens is 408 g/mol. The number of hydrogen-bond donors (Lipinski definition) is 3. The number of nitrogens with two attached hydrogens (primary N) is 1. The third-order valence-electron chi connectivity index (χ3n) is 11.8. The van der Waals surface area contributed by atoms with Crippen LogP contribution >= 0.6 is 0 Å². The predicted molar refractivity (Wildman–Crippen MR) is 133 cm³/mol. The molecule has 5 rings (SSSR count). The summed E-state index contributed by atoms with van der Waals surface area (Å²) in [6.07, 6.45) is 12.5. The van der Waals surface area contributed by atoms with Gasteiger partial charge in [0.2, 0.25) is 5.95 Å². The van der Waals surface area contributed by atoms with Gasteiger partial charge in [-0.25, -0.2) is 0 Å². The molecule has 4 aliphatic carbocycles. The predicted octanol–water partition coefficient (Wildman–Crippen LogP) is 5.86. The molecule has 4 aliphatic rings. The molecule has 4 saturated carbocycles. The van der Waals surface area contributed by atoms with Crippen LogP contribution in [0.5, 0.6) is 0 Å². The van der Waals surface area contributed by atoms with E-state index in [-0.39, 0.29) is 6.10 Å². The van der Waals surface area contributed by atoms with Gasteiger partial charge < -0.3 is 10.8 Å². The van der Waals surface area contributed by atoms with Crippen molar-refractivity contribution < 1.29 is 5.11 Å². The molecule has 0 radical (unpaired) electrons. The number of nitrogen functional groups attached to an aromatic ring is 1. The van der Waals surface area contributed by atoms with Gasteiger partial charge in [-0.1, -0.05) is 47.5 Å². The Morgan fingerprint density at radius 2 is 1.82 bits per heavy atom. The maximum absolute atomic E-state index is 11.9. The van der Waals surface area contributed by atoms with Crippen LogP contribution in [-0.4, -0.2) is 26.4 Å². The van der Waals surface area contributed by atoms with Crippen molar-refractivity contribution in [3.63, 3.8) is 0 Å². The normalized spacial score (nSPS) is 48.1. The molecule has 0 aromatic carbocycles. The van der Waals surface area contributed by atoms with Gasteiger partial charge in [-0.2, -0.15) is 4.98 Å². The Balaban J connectivity index is 1.37. The van der Waals surface area contributed by atoms with Gasteiger partial charge in [0, 0.05) is 6.42 Å². The zero-order valence-electron chi connectivity index (χ0n) is 21.7. The van der Waals surface area contributed by atoms with Crippen LogP contribution in [0.4, 0.5) is 5.95 Å². The molecule has 11 atom stereocenters. The van der Waals surface area contributed by atoms with Crippen LogP contribution in [0.25, 0.3) is 0 Å². The highest BCUT2D eigenvalue weighted by Gasteiger charge is 2.64. The van der Waals surface area contributed by atoms with E-state index >= 15 is 0 Å². The summed E-state index contributed by atoms with van der Waals surface area (Å²) < 4.78 is 0. The number of anilines is 1. The van der Waals surface area contributed by atoms with E-state index in [2.05, 4.69) is 49.8 Å². The third kappa shape index (κ3) is 3.67. The first-order valence-corrected chi connectivity index (χ1v) is 14.0. The average molecular weight is 457 g/mol. The second-order valence-corrected chi connectivity index (χ2v) is 13.2. The van der Waals surface area contributed by atoms with E-state index in [4.69, 9.17) is 5.73 Å². The highest BCUT2D eigenvalue weighted by molar-refractivity contribution is 5.14. The van der Waals surface area contributed by atoms with Gasteiger partial charge in [0.05, 0.1) is 6.10 Å². The number of aryl methyl sites for hydroxylation is 1. The number of aliphatic hydroxyl groups excluding tert-OH is 1. The molecule has 0 amide bonds. The molecule has 0 saturated heterocycles. The Morgan fingerprint density at radius 3 is 2.52 bits per heavy atom. The van der Waals surface area contributed by atoms with E-state index in [1.165, 1.54) is 44.9 Å². The fourth-order valence-electron chi connectivity index (χ4n) is 10.1. The van der Waals surface area contributed by atoms with Crippen molar-refractivity contribution in [2.75, 3.05) is 5.73 Å². The van der Waals surface area contributed by atoms with Crippen molar-refractivity contribution >= 4 is 5.95 Å². The third-order valence-corrected chi connectivity index (χ3v) is 11.8. The lowest BCUT2D eigenvalue weighted by Gasteiger charge is -2.65. The van der Waals surface area contributed by atoms with Crippen LogP contribution < -0.4 is 5.73 Å². The summed E-state index contributed by atoms with van der Waals surface area (Å²) in [5.41, 5.74) is 6.51. The molecule has 0 spiro atoms. The smallest absolute Gasteiger partial charge is 0.239 e. The lowest BCUT2D eigenvalue weighted by molar-refractivity contribution is -0.198. The van der Waals surface area contributed by atoms with Crippen molar-refractivity contribution in [1.29, 1.82) is 0 Å². The van der Waals surface area contributed by atoms with Crippen molar-refractivity contribution in [1.82, 2.24) is 15.2 Å². The van der Waals surface area contributed by atoms with Gasteiger partial charge in [-0.15, -0.1) is 5.10 Å². The molecule has 0 aliphatic heterocycles. The number of nitrogens with one attached hydrogen (secondary N) is 1. The van der Waals surface area contributed by atoms with Crippen LogP contribution in [0.3, 0.4) is 0 Å². The zero-order chi connectivity index (χ0) is 23.5. The molecule has 0 unspecified atom stereocenters. The first-order chi connectivity index (χ1) is 15.7. The number of nitrogens with zero attached hydrogens (tertiary/aromatic N) is 2. The number of aromatic amines is 1. The van der Waals surface area contributed by atoms with Crippen LogP contribution in [0.2, 0.25) is 0 Å². The number of aliphatic hydroxyl groups is 1. The fraction of sp³-hybridized carbons (Fsp3) is 0.929. The number of aromatic nitrogens is 3. The second-order valence-electron chi connectivity index (χ2n) is 13.2. The number of hydrogen-bond acceptors (Lipinski definition) is 4.